The third-order valence-corrected chi connectivity index (χ3v) is 3.77. The average molecular weight is 265 g/mol. The van der Waals surface area contributed by atoms with Crippen molar-refractivity contribution in [3.05, 3.63) is 11.4 Å². The molecule has 6 heteroatoms. The number of carbonyl (C=O) groups is 1. The highest BCUT2D eigenvalue weighted by atomic mass is 16.2. The van der Waals surface area contributed by atoms with Gasteiger partial charge in [-0.15, -0.1) is 0 Å². The molecule has 106 valence electrons. The summed E-state index contributed by atoms with van der Waals surface area (Å²) in [6, 6.07) is 0.200. The van der Waals surface area contributed by atoms with Crippen LogP contribution in [-0.4, -0.2) is 58.2 Å². The van der Waals surface area contributed by atoms with Crippen LogP contribution in [0.15, 0.2) is 0 Å². The third-order valence-electron chi connectivity index (χ3n) is 3.77. The van der Waals surface area contributed by atoms with Gasteiger partial charge >= 0.3 is 0 Å². The van der Waals surface area contributed by atoms with Crippen LogP contribution in [0.1, 0.15) is 30.0 Å². The van der Waals surface area contributed by atoms with Crippen molar-refractivity contribution in [3.8, 4) is 0 Å². The highest BCUT2D eigenvalue weighted by Gasteiger charge is 2.30. The monoisotopic (exact) mass is 265 g/mol. The number of amides is 1. The Labute approximate surface area is 114 Å². The van der Waals surface area contributed by atoms with Crippen LogP contribution in [-0.2, 0) is 6.54 Å². The van der Waals surface area contributed by atoms with E-state index in [1.54, 1.807) is 4.68 Å². The molecular weight excluding hydrogens is 242 g/mol. The van der Waals surface area contributed by atoms with Crippen molar-refractivity contribution >= 4 is 11.6 Å². The van der Waals surface area contributed by atoms with Gasteiger partial charge in [0.05, 0.1) is 11.4 Å². The number of aromatic nitrogens is 2. The predicted octanol–water partition coefficient (Wildman–Crippen LogP) is 0.570. The van der Waals surface area contributed by atoms with Crippen LogP contribution in [0.25, 0.3) is 0 Å². The summed E-state index contributed by atoms with van der Waals surface area (Å²) in [5.74, 6) is 0.000509. The highest BCUT2D eigenvalue weighted by Crippen LogP contribution is 2.21. The summed E-state index contributed by atoms with van der Waals surface area (Å²) in [6.07, 6.45) is 0. The van der Waals surface area contributed by atoms with E-state index in [0.29, 0.717) is 17.9 Å². The lowest BCUT2D eigenvalue weighted by Gasteiger charge is -2.38. The van der Waals surface area contributed by atoms with Gasteiger partial charge in [0.25, 0.3) is 5.91 Å². The standard InChI is InChI=1S/C13H23N5O/c1-5-18-12(11(14)10(3)15-18)13(19)17-7-6-16(4)8-9(17)2/h9H,5-8,14H2,1-4H3. The molecule has 6 nitrogen and oxygen atoms in total. The molecule has 1 saturated heterocycles. The van der Waals surface area contributed by atoms with E-state index in [0.717, 1.165) is 25.3 Å². The van der Waals surface area contributed by atoms with Gasteiger partial charge in [0.15, 0.2) is 0 Å². The minimum Gasteiger partial charge on any atom is -0.395 e. The predicted molar refractivity (Wildman–Crippen MR) is 75.0 cm³/mol. The molecule has 0 aromatic carbocycles. The molecule has 2 rings (SSSR count). The van der Waals surface area contributed by atoms with Gasteiger partial charge in [-0.2, -0.15) is 5.10 Å². The fraction of sp³-hybridized carbons (Fsp3) is 0.692. The zero-order valence-electron chi connectivity index (χ0n) is 12.2. The summed E-state index contributed by atoms with van der Waals surface area (Å²) in [5, 5.41) is 4.32. The maximum Gasteiger partial charge on any atom is 0.274 e. The van der Waals surface area contributed by atoms with Crippen LogP contribution in [0.5, 0.6) is 0 Å². The molecule has 1 fully saturated rings. The number of piperazine rings is 1. The van der Waals surface area contributed by atoms with Crippen molar-refractivity contribution in [3.63, 3.8) is 0 Å². The molecule has 1 atom stereocenters. The van der Waals surface area contributed by atoms with E-state index >= 15 is 0 Å². The lowest BCUT2D eigenvalue weighted by Crippen LogP contribution is -2.53. The summed E-state index contributed by atoms with van der Waals surface area (Å²) in [6.45, 7) is 9.07. The third kappa shape index (κ3) is 2.45. The number of likely N-dealkylation sites (N-methyl/N-ethyl adjacent to an activating group) is 1. The molecule has 1 aliphatic heterocycles. The lowest BCUT2D eigenvalue weighted by molar-refractivity contribution is 0.0522. The van der Waals surface area contributed by atoms with Gasteiger partial charge in [-0.1, -0.05) is 0 Å². The SMILES string of the molecule is CCn1nc(C)c(N)c1C(=O)N1CCN(C)CC1C. The zero-order chi connectivity index (χ0) is 14.2. The van der Waals surface area contributed by atoms with Gasteiger partial charge in [-0.3, -0.25) is 9.48 Å². The van der Waals surface area contributed by atoms with Gasteiger partial charge in [0.2, 0.25) is 0 Å². The van der Waals surface area contributed by atoms with E-state index in [4.69, 9.17) is 5.73 Å². The van der Waals surface area contributed by atoms with Crippen LogP contribution in [0, 0.1) is 6.92 Å². The Morgan fingerprint density at radius 2 is 2.16 bits per heavy atom. The summed E-state index contributed by atoms with van der Waals surface area (Å²) in [5.41, 5.74) is 7.80. The molecule has 1 unspecified atom stereocenters. The normalized spacial score (nSPS) is 20.8. The number of carbonyl (C=O) groups excluding carboxylic acids is 1. The first kappa shape index (κ1) is 13.9. The second-order valence-corrected chi connectivity index (χ2v) is 5.27. The Balaban J connectivity index is 2.29. The van der Waals surface area contributed by atoms with Gasteiger partial charge in [-0.05, 0) is 27.8 Å². The number of nitrogen functional groups attached to an aromatic ring is 1. The number of hydrogen-bond acceptors (Lipinski definition) is 4. The Hall–Kier alpha value is -1.56. The topological polar surface area (TPSA) is 67.4 Å². The Morgan fingerprint density at radius 3 is 2.74 bits per heavy atom. The Morgan fingerprint density at radius 1 is 1.47 bits per heavy atom. The maximum absolute atomic E-state index is 12.7. The van der Waals surface area contributed by atoms with E-state index in [1.165, 1.54) is 0 Å². The fourth-order valence-electron chi connectivity index (χ4n) is 2.63. The van der Waals surface area contributed by atoms with E-state index in [2.05, 4.69) is 24.0 Å². The molecule has 2 heterocycles. The summed E-state index contributed by atoms with van der Waals surface area (Å²) < 4.78 is 1.71. The first-order valence-corrected chi connectivity index (χ1v) is 6.78. The maximum atomic E-state index is 12.7. The molecule has 0 aliphatic carbocycles. The number of nitrogens with zero attached hydrogens (tertiary/aromatic N) is 4. The first-order valence-electron chi connectivity index (χ1n) is 6.78. The molecule has 1 amide bonds. The van der Waals surface area contributed by atoms with E-state index < -0.39 is 0 Å². The van der Waals surface area contributed by atoms with Crippen molar-refractivity contribution in [1.29, 1.82) is 0 Å². The lowest BCUT2D eigenvalue weighted by atomic mass is 10.1. The van der Waals surface area contributed by atoms with E-state index in [-0.39, 0.29) is 11.9 Å². The Kier molecular flexibility index (Phi) is 3.80. The quantitative estimate of drug-likeness (QED) is 0.849. The van der Waals surface area contributed by atoms with Gasteiger partial charge < -0.3 is 15.5 Å². The largest absolute Gasteiger partial charge is 0.395 e. The molecule has 1 aliphatic rings. The van der Waals surface area contributed by atoms with Crippen molar-refractivity contribution in [2.45, 2.75) is 33.4 Å². The minimum atomic E-state index is 0.000509. The molecule has 0 bridgehead atoms. The number of hydrogen-bond donors (Lipinski definition) is 1. The molecule has 2 N–H and O–H groups in total. The van der Waals surface area contributed by atoms with Crippen LogP contribution in [0.3, 0.4) is 0 Å². The molecular formula is C13H23N5O. The van der Waals surface area contributed by atoms with Crippen molar-refractivity contribution < 1.29 is 4.79 Å². The second-order valence-electron chi connectivity index (χ2n) is 5.27. The first-order chi connectivity index (χ1) is 8.95. The molecule has 0 radical (unpaired) electrons. The van der Waals surface area contributed by atoms with Gasteiger partial charge in [0, 0.05) is 32.2 Å². The van der Waals surface area contributed by atoms with Crippen LogP contribution in [0.2, 0.25) is 0 Å². The number of rotatable bonds is 2. The number of nitrogens with two attached hydrogens (primary N) is 1. The average Bonchev–Trinajstić information content (AvgIpc) is 2.64. The van der Waals surface area contributed by atoms with Crippen molar-refractivity contribution in [2.24, 2.45) is 0 Å². The Bertz CT molecular complexity index is 482. The minimum absolute atomic E-state index is 0.000509. The van der Waals surface area contributed by atoms with E-state index in [9.17, 15) is 4.79 Å². The van der Waals surface area contributed by atoms with Crippen LogP contribution >= 0.6 is 0 Å². The number of anilines is 1. The molecule has 19 heavy (non-hydrogen) atoms. The van der Waals surface area contributed by atoms with Crippen molar-refractivity contribution in [1.82, 2.24) is 19.6 Å². The molecule has 0 saturated carbocycles. The van der Waals surface area contributed by atoms with Gasteiger partial charge in [-0.25, -0.2) is 0 Å². The summed E-state index contributed by atoms with van der Waals surface area (Å²) in [4.78, 5) is 16.8. The van der Waals surface area contributed by atoms with E-state index in [1.807, 2.05) is 18.7 Å². The van der Waals surface area contributed by atoms with Crippen LogP contribution < -0.4 is 5.73 Å². The second kappa shape index (κ2) is 5.21. The molecule has 0 spiro atoms. The summed E-state index contributed by atoms with van der Waals surface area (Å²) in [7, 11) is 2.08. The smallest absolute Gasteiger partial charge is 0.274 e. The molecule has 1 aromatic heterocycles. The van der Waals surface area contributed by atoms with Crippen LogP contribution in [0.4, 0.5) is 5.69 Å². The number of aryl methyl sites for hydroxylation is 2. The molecule has 1 aromatic rings. The highest BCUT2D eigenvalue weighted by molar-refractivity contribution is 5.98. The van der Waals surface area contributed by atoms with Crippen molar-refractivity contribution in [2.75, 3.05) is 32.4 Å². The van der Waals surface area contributed by atoms with Gasteiger partial charge in [0.1, 0.15) is 5.69 Å². The zero-order valence-corrected chi connectivity index (χ0v) is 12.2. The fourth-order valence-corrected chi connectivity index (χ4v) is 2.63. The summed E-state index contributed by atoms with van der Waals surface area (Å²) >= 11 is 0.